The molecule has 0 spiro atoms. The second kappa shape index (κ2) is 10.4. The third-order valence-electron chi connectivity index (χ3n) is 6.08. The van der Waals surface area contributed by atoms with Crippen LogP contribution in [0.25, 0.3) is 10.9 Å². The molecule has 2 aromatic heterocycles. The highest BCUT2D eigenvalue weighted by molar-refractivity contribution is 5.90. The molecular weight excluding hydrogens is 459 g/mol. The Morgan fingerprint density at radius 2 is 1.86 bits per heavy atom. The Balaban J connectivity index is 1.59. The summed E-state index contributed by atoms with van der Waals surface area (Å²) in [7, 11) is 1.74. The summed E-state index contributed by atoms with van der Waals surface area (Å²) in [6, 6.07) is 5.23. The SMILES string of the molecule is CNCC(=O)N1CCN(c2cc3c(NC(C)c4cccc(C(F)F)c4F)nc(C)nc3cn2)CC1. The van der Waals surface area contributed by atoms with Crippen LogP contribution in [0.15, 0.2) is 30.5 Å². The van der Waals surface area contributed by atoms with Gasteiger partial charge in [-0.25, -0.2) is 28.1 Å². The fourth-order valence-corrected chi connectivity index (χ4v) is 4.22. The zero-order chi connectivity index (χ0) is 25.1. The van der Waals surface area contributed by atoms with Gasteiger partial charge >= 0.3 is 0 Å². The zero-order valence-corrected chi connectivity index (χ0v) is 19.9. The first-order valence-electron chi connectivity index (χ1n) is 11.4. The standard InChI is InChI=1S/C24H28F3N7O/c1-14(16-5-4-6-17(22(16)25)23(26)27)30-24-18-11-20(29-12-19(18)31-15(2)32-24)33-7-9-34(10-8-33)21(35)13-28-3/h4-6,11-12,14,23,28H,7-10,13H2,1-3H3,(H,30,31,32). The molecule has 4 rings (SSSR count). The number of benzene rings is 1. The lowest BCUT2D eigenvalue weighted by Crippen LogP contribution is -2.50. The van der Waals surface area contributed by atoms with E-state index >= 15 is 0 Å². The number of amides is 1. The van der Waals surface area contributed by atoms with E-state index in [9.17, 15) is 18.0 Å². The predicted octanol–water partition coefficient (Wildman–Crippen LogP) is 3.45. The predicted molar refractivity (Wildman–Crippen MR) is 128 cm³/mol. The van der Waals surface area contributed by atoms with Crippen molar-refractivity contribution in [1.82, 2.24) is 25.2 Å². The molecule has 35 heavy (non-hydrogen) atoms. The molecule has 1 amide bonds. The zero-order valence-electron chi connectivity index (χ0n) is 19.9. The van der Waals surface area contributed by atoms with E-state index in [0.29, 0.717) is 61.1 Å². The van der Waals surface area contributed by atoms with Crippen LogP contribution in [0.4, 0.5) is 24.8 Å². The molecule has 1 aliphatic rings. The number of carbonyl (C=O) groups excluding carboxylic acids is 1. The minimum absolute atomic E-state index is 0.0612. The third kappa shape index (κ3) is 5.29. The Morgan fingerprint density at radius 3 is 2.54 bits per heavy atom. The first kappa shape index (κ1) is 24.6. The van der Waals surface area contributed by atoms with Gasteiger partial charge in [0.25, 0.3) is 6.43 Å². The number of piperazine rings is 1. The number of rotatable bonds is 7. The van der Waals surface area contributed by atoms with Crippen LogP contribution < -0.4 is 15.5 Å². The molecule has 1 atom stereocenters. The number of nitrogens with zero attached hydrogens (tertiary/aromatic N) is 5. The topological polar surface area (TPSA) is 86.3 Å². The quantitative estimate of drug-likeness (QED) is 0.528. The normalized spacial score (nSPS) is 15.1. The van der Waals surface area contributed by atoms with E-state index in [2.05, 4.69) is 30.5 Å². The summed E-state index contributed by atoms with van der Waals surface area (Å²) >= 11 is 0. The lowest BCUT2D eigenvalue weighted by atomic mass is 10.0. The molecule has 3 aromatic rings. The van der Waals surface area contributed by atoms with Crippen molar-refractivity contribution in [3.63, 3.8) is 0 Å². The van der Waals surface area contributed by atoms with Gasteiger partial charge in [-0.15, -0.1) is 0 Å². The number of alkyl halides is 2. The molecule has 1 aromatic carbocycles. The Labute approximate surface area is 201 Å². The molecule has 0 radical (unpaired) electrons. The van der Waals surface area contributed by atoms with Gasteiger partial charge in [-0.2, -0.15) is 0 Å². The highest BCUT2D eigenvalue weighted by atomic mass is 19.3. The number of halogens is 3. The molecule has 186 valence electrons. The van der Waals surface area contributed by atoms with Gasteiger partial charge in [0.1, 0.15) is 23.3 Å². The second-order valence-corrected chi connectivity index (χ2v) is 8.49. The summed E-state index contributed by atoms with van der Waals surface area (Å²) in [5, 5.41) is 6.74. The van der Waals surface area contributed by atoms with Crippen LogP contribution in [-0.2, 0) is 4.79 Å². The average molecular weight is 488 g/mol. The minimum Gasteiger partial charge on any atom is -0.363 e. The van der Waals surface area contributed by atoms with Crippen molar-refractivity contribution in [2.45, 2.75) is 26.3 Å². The van der Waals surface area contributed by atoms with E-state index in [1.807, 2.05) is 11.0 Å². The van der Waals surface area contributed by atoms with Crippen molar-refractivity contribution in [3.8, 4) is 0 Å². The number of fused-ring (bicyclic) bond motifs is 1. The number of likely N-dealkylation sites (N-methyl/N-ethyl adjacent to an activating group) is 1. The van der Waals surface area contributed by atoms with Crippen LogP contribution in [0.5, 0.6) is 0 Å². The Bertz CT molecular complexity index is 1220. The van der Waals surface area contributed by atoms with E-state index in [4.69, 9.17) is 0 Å². The summed E-state index contributed by atoms with van der Waals surface area (Å²) < 4.78 is 41.1. The lowest BCUT2D eigenvalue weighted by Gasteiger charge is -2.35. The molecule has 0 bridgehead atoms. The van der Waals surface area contributed by atoms with Gasteiger partial charge in [-0.3, -0.25) is 4.79 Å². The molecular formula is C24H28F3N7O. The van der Waals surface area contributed by atoms with Crippen LogP contribution in [0.1, 0.15) is 36.3 Å². The maximum Gasteiger partial charge on any atom is 0.266 e. The Morgan fingerprint density at radius 1 is 1.14 bits per heavy atom. The number of anilines is 2. The first-order valence-corrected chi connectivity index (χ1v) is 11.4. The van der Waals surface area contributed by atoms with Crippen LogP contribution in [0, 0.1) is 12.7 Å². The van der Waals surface area contributed by atoms with Crippen LogP contribution in [0.2, 0.25) is 0 Å². The van der Waals surface area contributed by atoms with Crippen molar-refractivity contribution in [2.24, 2.45) is 0 Å². The highest BCUT2D eigenvalue weighted by Gasteiger charge is 2.23. The molecule has 0 aliphatic carbocycles. The monoisotopic (exact) mass is 487 g/mol. The fourth-order valence-electron chi connectivity index (χ4n) is 4.22. The largest absolute Gasteiger partial charge is 0.363 e. The van der Waals surface area contributed by atoms with Gasteiger partial charge < -0.3 is 20.4 Å². The molecule has 8 nitrogen and oxygen atoms in total. The van der Waals surface area contributed by atoms with Crippen LogP contribution in [-0.4, -0.2) is 65.5 Å². The lowest BCUT2D eigenvalue weighted by molar-refractivity contribution is -0.130. The molecule has 3 heterocycles. The van der Waals surface area contributed by atoms with Gasteiger partial charge in [0.2, 0.25) is 5.91 Å². The van der Waals surface area contributed by atoms with E-state index in [1.54, 1.807) is 27.1 Å². The molecule has 1 fully saturated rings. The maximum atomic E-state index is 14.7. The molecule has 1 saturated heterocycles. The van der Waals surface area contributed by atoms with Crippen molar-refractivity contribution < 1.29 is 18.0 Å². The van der Waals surface area contributed by atoms with Crippen molar-refractivity contribution in [1.29, 1.82) is 0 Å². The van der Waals surface area contributed by atoms with Gasteiger partial charge in [0, 0.05) is 37.1 Å². The van der Waals surface area contributed by atoms with Crippen LogP contribution >= 0.6 is 0 Å². The number of carbonyl (C=O) groups is 1. The van der Waals surface area contributed by atoms with E-state index in [-0.39, 0.29) is 11.5 Å². The van der Waals surface area contributed by atoms with E-state index < -0.39 is 23.8 Å². The molecule has 0 saturated carbocycles. The van der Waals surface area contributed by atoms with Crippen molar-refractivity contribution in [2.75, 3.05) is 50.0 Å². The van der Waals surface area contributed by atoms with Gasteiger partial charge in [-0.1, -0.05) is 18.2 Å². The number of aromatic nitrogens is 3. The highest BCUT2D eigenvalue weighted by Crippen LogP contribution is 2.31. The summed E-state index contributed by atoms with van der Waals surface area (Å²) in [4.78, 5) is 29.5. The van der Waals surface area contributed by atoms with Gasteiger partial charge in [-0.05, 0) is 27.0 Å². The first-order chi connectivity index (χ1) is 16.8. The molecule has 11 heteroatoms. The summed E-state index contributed by atoms with van der Waals surface area (Å²) in [6.45, 7) is 6.18. The van der Waals surface area contributed by atoms with E-state index in [0.717, 1.165) is 6.07 Å². The Hall–Kier alpha value is -3.47. The summed E-state index contributed by atoms with van der Waals surface area (Å²) in [5.74, 6) is 0.817. The number of hydrogen-bond donors (Lipinski definition) is 2. The summed E-state index contributed by atoms with van der Waals surface area (Å²) in [5.41, 5.74) is 0.114. The van der Waals surface area contributed by atoms with Gasteiger partial charge in [0.05, 0.1) is 29.9 Å². The summed E-state index contributed by atoms with van der Waals surface area (Å²) in [6.07, 6.45) is -1.24. The number of pyridine rings is 1. The fraction of sp³-hybridized carbons (Fsp3) is 0.417. The number of aryl methyl sites for hydroxylation is 1. The van der Waals surface area contributed by atoms with Gasteiger partial charge in [0.15, 0.2) is 0 Å². The van der Waals surface area contributed by atoms with Crippen molar-refractivity contribution >= 4 is 28.4 Å². The number of nitrogens with one attached hydrogen (secondary N) is 2. The average Bonchev–Trinajstić information content (AvgIpc) is 2.84. The van der Waals surface area contributed by atoms with E-state index in [1.165, 1.54) is 12.1 Å². The van der Waals surface area contributed by atoms with Crippen molar-refractivity contribution in [3.05, 3.63) is 53.2 Å². The number of hydrogen-bond acceptors (Lipinski definition) is 7. The second-order valence-electron chi connectivity index (χ2n) is 8.49. The molecule has 1 aliphatic heterocycles. The molecule has 2 N–H and O–H groups in total. The minimum atomic E-state index is -2.90. The third-order valence-corrected chi connectivity index (χ3v) is 6.08. The smallest absolute Gasteiger partial charge is 0.266 e. The molecule has 1 unspecified atom stereocenters. The maximum absolute atomic E-state index is 14.7. The van der Waals surface area contributed by atoms with Crippen LogP contribution in [0.3, 0.4) is 0 Å². The Kier molecular flexibility index (Phi) is 7.34.